The van der Waals surface area contributed by atoms with Crippen molar-refractivity contribution in [3.05, 3.63) is 59.4 Å². The highest BCUT2D eigenvalue weighted by atomic mass is 16.4. The third kappa shape index (κ3) is 4.81. The third-order valence-electron chi connectivity index (χ3n) is 4.66. The first-order valence-electron chi connectivity index (χ1n) is 8.87. The molecule has 1 aliphatic rings. The average Bonchev–Trinajstić information content (AvgIpc) is 3.10. The predicted octanol–water partition coefficient (Wildman–Crippen LogP) is 2.85. The second-order valence-corrected chi connectivity index (χ2v) is 6.56. The van der Waals surface area contributed by atoms with Gasteiger partial charge in [0.15, 0.2) is 0 Å². The Morgan fingerprint density at radius 2 is 1.96 bits per heavy atom. The molecule has 1 amide bonds. The number of benzene rings is 1. The number of aromatic amines is 1. The molecule has 1 saturated heterocycles. The van der Waals surface area contributed by atoms with E-state index in [1.807, 2.05) is 53.5 Å². The minimum Gasteiger partial charge on any atom is -0.481 e. The fourth-order valence-corrected chi connectivity index (χ4v) is 3.26. The number of piperidine rings is 1. The van der Waals surface area contributed by atoms with Gasteiger partial charge in [-0.05, 0) is 24.5 Å². The number of aliphatic carboxylic acids is 1. The predicted molar refractivity (Wildman–Crippen MR) is 98.6 cm³/mol. The number of nitrogens with zero attached hydrogens (tertiary/aromatic N) is 2. The highest BCUT2D eigenvalue weighted by Crippen LogP contribution is 2.27. The Balaban J connectivity index is 1.47. The molecule has 0 atom stereocenters. The number of hydrogen-bond donors (Lipinski definition) is 2. The molecule has 2 aromatic rings. The molecule has 1 fully saturated rings. The van der Waals surface area contributed by atoms with E-state index in [1.54, 1.807) is 0 Å². The molecule has 0 radical (unpaired) electrons. The third-order valence-corrected chi connectivity index (χ3v) is 4.66. The van der Waals surface area contributed by atoms with Crippen LogP contribution in [0, 0.1) is 0 Å². The Kier molecular flexibility index (Phi) is 5.84. The number of carbonyl (C=O) groups excluding carboxylic acids is 1. The minimum absolute atomic E-state index is 0.0436. The largest absolute Gasteiger partial charge is 0.481 e. The quantitative estimate of drug-likeness (QED) is 0.836. The van der Waals surface area contributed by atoms with E-state index in [2.05, 4.69) is 10.2 Å². The first-order chi connectivity index (χ1) is 12.6. The zero-order chi connectivity index (χ0) is 18.4. The van der Waals surface area contributed by atoms with Gasteiger partial charge in [-0.1, -0.05) is 42.5 Å². The van der Waals surface area contributed by atoms with Gasteiger partial charge in [0.25, 0.3) is 0 Å². The topological polar surface area (TPSA) is 86.3 Å². The Bertz CT molecular complexity index is 775. The van der Waals surface area contributed by atoms with Crippen LogP contribution in [0.4, 0.5) is 0 Å². The van der Waals surface area contributed by atoms with Crippen molar-refractivity contribution in [1.29, 1.82) is 0 Å². The summed E-state index contributed by atoms with van der Waals surface area (Å²) in [5.41, 5.74) is 2.61. The zero-order valence-electron chi connectivity index (χ0n) is 14.6. The van der Waals surface area contributed by atoms with E-state index in [4.69, 9.17) is 5.11 Å². The second-order valence-electron chi connectivity index (χ2n) is 6.56. The molecule has 0 spiro atoms. The maximum absolute atomic E-state index is 12.3. The van der Waals surface area contributed by atoms with Crippen molar-refractivity contribution in [2.24, 2.45) is 0 Å². The van der Waals surface area contributed by atoms with Gasteiger partial charge >= 0.3 is 5.97 Å². The summed E-state index contributed by atoms with van der Waals surface area (Å²) in [7, 11) is 0. The summed E-state index contributed by atoms with van der Waals surface area (Å²) in [6, 6.07) is 11.8. The molecule has 0 unspecified atom stereocenters. The van der Waals surface area contributed by atoms with Crippen LogP contribution in [0.3, 0.4) is 0 Å². The van der Waals surface area contributed by atoms with Crippen LogP contribution in [0.1, 0.15) is 42.1 Å². The summed E-state index contributed by atoms with van der Waals surface area (Å²) in [6.45, 7) is 1.42. The molecule has 0 saturated carbocycles. The van der Waals surface area contributed by atoms with Crippen molar-refractivity contribution in [3.8, 4) is 0 Å². The van der Waals surface area contributed by atoms with Crippen LogP contribution in [-0.4, -0.2) is 45.2 Å². The maximum Gasteiger partial charge on any atom is 0.309 e. The number of amides is 1. The summed E-state index contributed by atoms with van der Waals surface area (Å²) < 4.78 is 0. The molecule has 2 N–H and O–H groups in total. The fourth-order valence-electron chi connectivity index (χ4n) is 3.26. The van der Waals surface area contributed by atoms with Crippen molar-refractivity contribution in [2.45, 2.75) is 31.6 Å². The van der Waals surface area contributed by atoms with Crippen LogP contribution in [0.5, 0.6) is 0 Å². The van der Waals surface area contributed by atoms with E-state index in [0.717, 1.165) is 24.1 Å². The summed E-state index contributed by atoms with van der Waals surface area (Å²) in [5, 5.41) is 15.9. The van der Waals surface area contributed by atoms with Gasteiger partial charge in [-0.15, -0.1) is 0 Å². The lowest BCUT2D eigenvalue weighted by molar-refractivity contribution is -0.136. The van der Waals surface area contributed by atoms with Gasteiger partial charge in [0.05, 0.1) is 12.1 Å². The van der Waals surface area contributed by atoms with Crippen molar-refractivity contribution in [1.82, 2.24) is 15.1 Å². The molecule has 1 aromatic carbocycles. The zero-order valence-corrected chi connectivity index (χ0v) is 14.6. The molecule has 136 valence electrons. The molecule has 2 heterocycles. The minimum atomic E-state index is -0.871. The van der Waals surface area contributed by atoms with Gasteiger partial charge in [-0.2, -0.15) is 5.10 Å². The first-order valence-corrected chi connectivity index (χ1v) is 8.87. The van der Waals surface area contributed by atoms with Crippen LogP contribution >= 0.6 is 0 Å². The molecule has 0 bridgehead atoms. The van der Waals surface area contributed by atoms with Gasteiger partial charge in [-0.25, -0.2) is 0 Å². The van der Waals surface area contributed by atoms with Crippen molar-refractivity contribution >= 4 is 18.0 Å². The van der Waals surface area contributed by atoms with Crippen molar-refractivity contribution in [2.75, 3.05) is 13.1 Å². The lowest BCUT2D eigenvalue weighted by Crippen LogP contribution is -2.37. The van der Waals surface area contributed by atoms with Crippen LogP contribution in [-0.2, 0) is 16.0 Å². The van der Waals surface area contributed by atoms with Crippen molar-refractivity contribution in [3.63, 3.8) is 0 Å². The molecule has 6 heteroatoms. The fraction of sp³-hybridized carbons (Fsp3) is 0.350. The molecule has 0 aliphatic carbocycles. The van der Waals surface area contributed by atoms with E-state index in [1.165, 1.54) is 0 Å². The Hall–Kier alpha value is -2.89. The smallest absolute Gasteiger partial charge is 0.309 e. The highest BCUT2D eigenvalue weighted by Gasteiger charge is 2.25. The SMILES string of the molecule is O=C(O)Cc1cc(C2CCN(C(=O)C/C=C/c3ccccc3)CC2)n[nH]1. The van der Waals surface area contributed by atoms with Gasteiger partial charge < -0.3 is 10.0 Å². The number of rotatable bonds is 6. The Morgan fingerprint density at radius 3 is 2.65 bits per heavy atom. The normalized spacial score (nSPS) is 15.5. The van der Waals surface area contributed by atoms with Crippen molar-refractivity contribution < 1.29 is 14.7 Å². The number of carbonyl (C=O) groups is 2. The standard InChI is InChI=1S/C20H23N3O3/c24-19(8-4-7-15-5-2-1-3-6-15)23-11-9-16(10-12-23)18-13-17(21-22-18)14-20(25)26/h1-7,13,16H,8-12,14H2,(H,21,22)(H,25,26)/b7-4+. The van der Waals surface area contributed by atoms with E-state index in [0.29, 0.717) is 25.2 Å². The molecule has 3 rings (SSSR count). The average molecular weight is 353 g/mol. The highest BCUT2D eigenvalue weighted by molar-refractivity contribution is 5.78. The molecule has 1 aromatic heterocycles. The number of carboxylic acid groups (broad SMARTS) is 1. The summed E-state index contributed by atoms with van der Waals surface area (Å²) in [4.78, 5) is 25.0. The molecule has 1 aliphatic heterocycles. The number of H-pyrrole nitrogens is 1. The summed E-state index contributed by atoms with van der Waals surface area (Å²) >= 11 is 0. The van der Waals surface area contributed by atoms with E-state index < -0.39 is 5.97 Å². The number of likely N-dealkylation sites (tertiary alicyclic amines) is 1. The summed E-state index contributed by atoms with van der Waals surface area (Å²) in [6.07, 6.45) is 5.95. The molecule has 26 heavy (non-hydrogen) atoms. The number of hydrogen-bond acceptors (Lipinski definition) is 3. The lowest BCUT2D eigenvalue weighted by atomic mass is 9.93. The summed E-state index contributed by atoms with van der Waals surface area (Å²) in [5.74, 6) is -0.453. The van der Waals surface area contributed by atoms with Gasteiger partial charge in [0.1, 0.15) is 0 Å². The van der Waals surface area contributed by atoms with Gasteiger partial charge in [0, 0.05) is 31.1 Å². The van der Waals surface area contributed by atoms with E-state index in [-0.39, 0.29) is 18.2 Å². The lowest BCUT2D eigenvalue weighted by Gasteiger charge is -2.31. The van der Waals surface area contributed by atoms with Gasteiger partial charge in [-0.3, -0.25) is 14.7 Å². The number of nitrogens with one attached hydrogen (secondary N) is 1. The molecular weight excluding hydrogens is 330 g/mol. The number of carboxylic acids is 1. The van der Waals surface area contributed by atoms with E-state index >= 15 is 0 Å². The Labute approximate surface area is 152 Å². The number of aromatic nitrogens is 2. The second kappa shape index (κ2) is 8.47. The Morgan fingerprint density at radius 1 is 1.23 bits per heavy atom. The van der Waals surface area contributed by atoms with Crippen LogP contribution < -0.4 is 0 Å². The van der Waals surface area contributed by atoms with Gasteiger partial charge in [0.2, 0.25) is 5.91 Å². The monoisotopic (exact) mass is 353 g/mol. The molecular formula is C20H23N3O3. The first kappa shape index (κ1) is 17.9. The van der Waals surface area contributed by atoms with Crippen LogP contribution in [0.25, 0.3) is 6.08 Å². The van der Waals surface area contributed by atoms with Crippen LogP contribution in [0.2, 0.25) is 0 Å². The molecule has 6 nitrogen and oxygen atoms in total. The maximum atomic E-state index is 12.3. The van der Waals surface area contributed by atoms with E-state index in [9.17, 15) is 9.59 Å². The van der Waals surface area contributed by atoms with Crippen LogP contribution in [0.15, 0.2) is 42.5 Å².